The standard InChI is InChI=1S/C16H21Cl2NO4/c1-9(14(20)19-16(3,4)5)23-15(21)10(2)22-13-7-6-11(17)8-12(13)18/h6-10H,1-5H3,(H,19,20)/t9-,10-/m1/s1. The Hall–Kier alpha value is -1.46. The number of nitrogens with one attached hydrogen (secondary N) is 1. The smallest absolute Gasteiger partial charge is 0.347 e. The monoisotopic (exact) mass is 361 g/mol. The van der Waals surface area contributed by atoms with Crippen LogP contribution in [-0.2, 0) is 14.3 Å². The Kier molecular flexibility index (Phi) is 6.71. The summed E-state index contributed by atoms with van der Waals surface area (Å²) in [6.07, 6.45) is -1.84. The van der Waals surface area contributed by atoms with Crippen LogP contribution >= 0.6 is 23.2 Å². The van der Waals surface area contributed by atoms with Crippen LogP contribution < -0.4 is 10.1 Å². The van der Waals surface area contributed by atoms with Gasteiger partial charge in [-0.1, -0.05) is 23.2 Å². The van der Waals surface area contributed by atoms with Crippen molar-refractivity contribution in [2.24, 2.45) is 0 Å². The minimum atomic E-state index is -0.923. The molecule has 128 valence electrons. The Labute approximate surface area is 146 Å². The first-order valence-corrected chi connectivity index (χ1v) is 7.89. The minimum Gasteiger partial charge on any atom is -0.477 e. The van der Waals surface area contributed by atoms with Crippen molar-refractivity contribution in [2.75, 3.05) is 0 Å². The Morgan fingerprint density at radius 2 is 1.74 bits per heavy atom. The van der Waals surface area contributed by atoms with Crippen molar-refractivity contribution in [1.82, 2.24) is 5.32 Å². The molecule has 0 aliphatic rings. The number of hydrogen-bond acceptors (Lipinski definition) is 4. The lowest BCUT2D eigenvalue weighted by Gasteiger charge is -2.24. The first-order valence-electron chi connectivity index (χ1n) is 7.14. The number of amides is 1. The van der Waals surface area contributed by atoms with E-state index in [1.165, 1.54) is 19.9 Å². The third-order valence-electron chi connectivity index (χ3n) is 2.69. The molecule has 0 aromatic heterocycles. The van der Waals surface area contributed by atoms with Gasteiger partial charge in [0.2, 0.25) is 0 Å². The highest BCUT2D eigenvalue weighted by atomic mass is 35.5. The Balaban J connectivity index is 2.61. The van der Waals surface area contributed by atoms with Crippen molar-refractivity contribution in [2.45, 2.75) is 52.4 Å². The van der Waals surface area contributed by atoms with E-state index in [-0.39, 0.29) is 10.9 Å². The van der Waals surface area contributed by atoms with Crippen molar-refractivity contribution >= 4 is 35.1 Å². The summed E-state index contributed by atoms with van der Waals surface area (Å²) in [5.41, 5.74) is -0.406. The lowest BCUT2D eigenvalue weighted by atomic mass is 10.1. The van der Waals surface area contributed by atoms with Crippen molar-refractivity contribution in [3.05, 3.63) is 28.2 Å². The van der Waals surface area contributed by atoms with Gasteiger partial charge in [0, 0.05) is 10.6 Å². The maximum Gasteiger partial charge on any atom is 0.347 e. The van der Waals surface area contributed by atoms with Crippen LogP contribution in [0.2, 0.25) is 10.0 Å². The molecule has 1 amide bonds. The molecule has 0 fully saturated rings. The highest BCUT2D eigenvalue weighted by Gasteiger charge is 2.25. The van der Waals surface area contributed by atoms with E-state index in [0.29, 0.717) is 10.8 Å². The predicted molar refractivity (Wildman–Crippen MR) is 90.0 cm³/mol. The van der Waals surface area contributed by atoms with E-state index in [0.717, 1.165) is 0 Å². The molecule has 0 saturated heterocycles. The normalized spacial score (nSPS) is 13.9. The highest BCUT2D eigenvalue weighted by Crippen LogP contribution is 2.28. The van der Waals surface area contributed by atoms with Crippen molar-refractivity contribution in [3.63, 3.8) is 0 Å². The predicted octanol–water partition coefficient (Wildman–Crippen LogP) is 3.61. The van der Waals surface area contributed by atoms with Gasteiger partial charge in [0.1, 0.15) is 5.75 Å². The van der Waals surface area contributed by atoms with Gasteiger partial charge >= 0.3 is 5.97 Å². The SMILES string of the molecule is C[C@@H](OC(=O)[C@@H](C)Oc1ccc(Cl)cc1Cl)C(=O)NC(C)(C)C. The number of carbonyl (C=O) groups excluding carboxylic acids is 2. The zero-order chi connectivity index (χ0) is 17.8. The van der Waals surface area contributed by atoms with E-state index in [1.54, 1.807) is 12.1 Å². The Bertz CT molecular complexity index is 584. The third kappa shape index (κ3) is 6.67. The van der Waals surface area contributed by atoms with E-state index in [9.17, 15) is 9.59 Å². The molecule has 1 rings (SSSR count). The minimum absolute atomic E-state index is 0.288. The number of rotatable bonds is 5. The first kappa shape index (κ1) is 19.6. The summed E-state index contributed by atoms with van der Waals surface area (Å²) in [5.74, 6) is -0.720. The number of halogens is 2. The largest absolute Gasteiger partial charge is 0.477 e. The third-order valence-corrected chi connectivity index (χ3v) is 3.22. The van der Waals surface area contributed by atoms with E-state index < -0.39 is 23.7 Å². The maximum absolute atomic E-state index is 12.0. The summed E-state index contributed by atoms with van der Waals surface area (Å²) in [7, 11) is 0. The molecule has 0 heterocycles. The van der Waals surface area contributed by atoms with Crippen LogP contribution in [0.25, 0.3) is 0 Å². The Morgan fingerprint density at radius 1 is 1.13 bits per heavy atom. The summed E-state index contributed by atoms with van der Waals surface area (Å²) in [4.78, 5) is 23.9. The van der Waals surface area contributed by atoms with Crippen LogP contribution in [-0.4, -0.2) is 29.6 Å². The average Bonchev–Trinajstić information content (AvgIpc) is 2.39. The number of esters is 1. The molecule has 0 saturated carbocycles. The van der Waals surface area contributed by atoms with Crippen molar-refractivity contribution in [1.29, 1.82) is 0 Å². The van der Waals surface area contributed by atoms with Crippen molar-refractivity contribution < 1.29 is 19.1 Å². The van der Waals surface area contributed by atoms with Crippen LogP contribution in [0.3, 0.4) is 0 Å². The molecule has 1 N–H and O–H groups in total. The number of carbonyl (C=O) groups is 2. The van der Waals surface area contributed by atoms with Gasteiger partial charge in [-0.3, -0.25) is 4.79 Å². The second-order valence-electron chi connectivity index (χ2n) is 6.15. The maximum atomic E-state index is 12.0. The lowest BCUT2D eigenvalue weighted by molar-refractivity contribution is -0.161. The van der Waals surface area contributed by atoms with E-state index in [4.69, 9.17) is 32.7 Å². The molecular formula is C16H21Cl2NO4. The number of benzene rings is 1. The Morgan fingerprint density at radius 3 is 2.26 bits per heavy atom. The molecule has 0 bridgehead atoms. The van der Waals surface area contributed by atoms with Gasteiger partial charge in [0.05, 0.1) is 5.02 Å². The van der Waals surface area contributed by atoms with E-state index in [2.05, 4.69) is 5.32 Å². The molecule has 0 spiro atoms. The molecule has 0 radical (unpaired) electrons. The molecular weight excluding hydrogens is 341 g/mol. The second-order valence-corrected chi connectivity index (χ2v) is 7.00. The van der Waals surface area contributed by atoms with Gasteiger partial charge < -0.3 is 14.8 Å². The van der Waals surface area contributed by atoms with E-state index >= 15 is 0 Å². The van der Waals surface area contributed by atoms with Gasteiger partial charge in [-0.05, 0) is 52.8 Å². The summed E-state index contributed by atoms with van der Waals surface area (Å²) in [6, 6.07) is 4.67. The van der Waals surface area contributed by atoms with Gasteiger partial charge in [-0.15, -0.1) is 0 Å². The van der Waals surface area contributed by atoms with Gasteiger partial charge in [0.25, 0.3) is 5.91 Å². The van der Waals surface area contributed by atoms with Crippen LogP contribution in [0, 0.1) is 0 Å². The molecule has 7 heteroatoms. The highest BCUT2D eigenvalue weighted by molar-refractivity contribution is 6.35. The first-order chi connectivity index (χ1) is 10.5. The van der Waals surface area contributed by atoms with Crippen LogP contribution in [0.15, 0.2) is 18.2 Å². The molecule has 5 nitrogen and oxygen atoms in total. The molecule has 1 aromatic carbocycles. The number of ether oxygens (including phenoxy) is 2. The second kappa shape index (κ2) is 7.88. The quantitative estimate of drug-likeness (QED) is 0.813. The fraction of sp³-hybridized carbons (Fsp3) is 0.500. The molecule has 23 heavy (non-hydrogen) atoms. The van der Waals surface area contributed by atoms with E-state index in [1.807, 2.05) is 20.8 Å². The van der Waals surface area contributed by atoms with Crippen LogP contribution in [0.1, 0.15) is 34.6 Å². The molecule has 0 aliphatic carbocycles. The zero-order valence-electron chi connectivity index (χ0n) is 13.8. The van der Waals surface area contributed by atoms with Crippen LogP contribution in [0.5, 0.6) is 5.75 Å². The topological polar surface area (TPSA) is 64.6 Å². The fourth-order valence-corrected chi connectivity index (χ4v) is 2.06. The van der Waals surface area contributed by atoms with Crippen molar-refractivity contribution in [3.8, 4) is 5.75 Å². The molecule has 0 aliphatic heterocycles. The summed E-state index contributed by atoms with van der Waals surface area (Å²) in [6.45, 7) is 8.54. The number of hydrogen-bond donors (Lipinski definition) is 1. The fourth-order valence-electron chi connectivity index (χ4n) is 1.60. The summed E-state index contributed by atoms with van der Waals surface area (Å²) in [5, 5.41) is 3.49. The van der Waals surface area contributed by atoms with Gasteiger partial charge in [-0.25, -0.2) is 4.79 Å². The average molecular weight is 362 g/mol. The van der Waals surface area contributed by atoms with Gasteiger partial charge in [0.15, 0.2) is 12.2 Å². The lowest BCUT2D eigenvalue weighted by Crippen LogP contribution is -2.47. The molecule has 1 aromatic rings. The van der Waals surface area contributed by atoms with Crippen LogP contribution in [0.4, 0.5) is 0 Å². The van der Waals surface area contributed by atoms with Gasteiger partial charge in [-0.2, -0.15) is 0 Å². The zero-order valence-corrected chi connectivity index (χ0v) is 15.3. The summed E-state index contributed by atoms with van der Waals surface area (Å²) < 4.78 is 10.6. The molecule has 0 unspecified atom stereocenters. The molecule has 2 atom stereocenters. The summed E-state index contributed by atoms with van der Waals surface area (Å²) >= 11 is 11.8.